The van der Waals surface area contributed by atoms with Gasteiger partial charge in [0.2, 0.25) is 0 Å². The molecular weight excluding hydrogens is 322 g/mol. The minimum Gasteiger partial charge on any atom is -0.494 e. The molecule has 0 aromatic heterocycles. The molecular formula is C19H25NO5. The number of ether oxygens (including phenoxy) is 3. The molecule has 0 fully saturated rings. The SMILES string of the molecule is CCOc1ccc(OCCNC(=O)COC(=O)[C@@H]2CC=CCC2)cc1. The third-order valence-corrected chi connectivity index (χ3v) is 3.78. The number of nitrogens with one attached hydrogen (secondary N) is 1. The van der Waals surface area contributed by atoms with Crippen molar-refractivity contribution < 1.29 is 23.8 Å². The van der Waals surface area contributed by atoms with Crippen molar-refractivity contribution in [2.75, 3.05) is 26.4 Å². The molecule has 0 spiro atoms. The minimum atomic E-state index is -0.324. The van der Waals surface area contributed by atoms with Gasteiger partial charge in [0.1, 0.15) is 18.1 Å². The molecule has 0 saturated carbocycles. The van der Waals surface area contributed by atoms with Gasteiger partial charge in [-0.1, -0.05) is 12.2 Å². The maximum Gasteiger partial charge on any atom is 0.309 e. The molecule has 2 rings (SSSR count). The Hall–Kier alpha value is -2.50. The second-order valence-corrected chi connectivity index (χ2v) is 5.69. The van der Waals surface area contributed by atoms with Crippen molar-refractivity contribution in [1.82, 2.24) is 5.32 Å². The lowest BCUT2D eigenvalue weighted by atomic mass is 9.95. The van der Waals surface area contributed by atoms with Crippen LogP contribution in [0.5, 0.6) is 11.5 Å². The lowest BCUT2D eigenvalue weighted by Crippen LogP contribution is -2.33. The molecule has 0 bridgehead atoms. The van der Waals surface area contributed by atoms with Crippen LogP contribution in [0.25, 0.3) is 0 Å². The van der Waals surface area contributed by atoms with Crippen molar-refractivity contribution >= 4 is 11.9 Å². The van der Waals surface area contributed by atoms with Crippen molar-refractivity contribution in [3.8, 4) is 11.5 Å². The van der Waals surface area contributed by atoms with Crippen LogP contribution in [0.4, 0.5) is 0 Å². The smallest absolute Gasteiger partial charge is 0.309 e. The molecule has 6 nitrogen and oxygen atoms in total. The zero-order chi connectivity index (χ0) is 17.9. The fourth-order valence-electron chi connectivity index (χ4n) is 2.47. The first-order valence-electron chi connectivity index (χ1n) is 8.63. The lowest BCUT2D eigenvalue weighted by molar-refractivity contribution is -0.152. The second-order valence-electron chi connectivity index (χ2n) is 5.69. The van der Waals surface area contributed by atoms with Crippen LogP contribution in [0.2, 0.25) is 0 Å². The Labute approximate surface area is 148 Å². The highest BCUT2D eigenvalue weighted by Gasteiger charge is 2.20. The van der Waals surface area contributed by atoms with E-state index >= 15 is 0 Å². The van der Waals surface area contributed by atoms with E-state index in [9.17, 15) is 9.59 Å². The zero-order valence-corrected chi connectivity index (χ0v) is 14.5. The number of hydrogen-bond donors (Lipinski definition) is 1. The minimum absolute atomic E-state index is 0.124. The lowest BCUT2D eigenvalue weighted by Gasteiger charge is -2.16. The van der Waals surface area contributed by atoms with Gasteiger partial charge in [0, 0.05) is 0 Å². The standard InChI is InChI=1S/C19H25NO5/c1-2-23-16-8-10-17(11-9-16)24-13-12-20-18(21)14-25-19(22)15-6-4-3-5-7-15/h3-4,8-11,15H,2,5-7,12-14H2,1H3,(H,20,21)/t15-/m1/s1. The highest BCUT2D eigenvalue weighted by molar-refractivity contribution is 5.81. The van der Waals surface area contributed by atoms with E-state index in [0.717, 1.165) is 18.6 Å². The number of carbonyl (C=O) groups excluding carboxylic acids is 2. The van der Waals surface area contributed by atoms with Crippen LogP contribution in [-0.2, 0) is 14.3 Å². The summed E-state index contributed by atoms with van der Waals surface area (Å²) >= 11 is 0. The molecule has 1 atom stereocenters. The molecule has 0 saturated heterocycles. The van der Waals surface area contributed by atoms with Gasteiger partial charge in [-0.05, 0) is 50.5 Å². The van der Waals surface area contributed by atoms with Crippen LogP contribution in [0.3, 0.4) is 0 Å². The van der Waals surface area contributed by atoms with E-state index in [1.54, 1.807) is 0 Å². The van der Waals surface area contributed by atoms with Gasteiger partial charge >= 0.3 is 5.97 Å². The molecule has 0 aliphatic heterocycles. The number of hydrogen-bond acceptors (Lipinski definition) is 5. The van der Waals surface area contributed by atoms with E-state index in [2.05, 4.69) is 11.4 Å². The summed E-state index contributed by atoms with van der Waals surface area (Å²) in [4.78, 5) is 23.5. The summed E-state index contributed by atoms with van der Waals surface area (Å²) in [7, 11) is 0. The van der Waals surface area contributed by atoms with Gasteiger partial charge in [0.05, 0.1) is 19.1 Å². The van der Waals surface area contributed by atoms with Gasteiger partial charge in [-0.25, -0.2) is 0 Å². The van der Waals surface area contributed by atoms with Crippen LogP contribution >= 0.6 is 0 Å². The molecule has 25 heavy (non-hydrogen) atoms. The van der Waals surface area contributed by atoms with Gasteiger partial charge in [0.15, 0.2) is 6.61 Å². The third kappa shape index (κ3) is 6.87. The van der Waals surface area contributed by atoms with Gasteiger partial charge in [0.25, 0.3) is 5.91 Å². The topological polar surface area (TPSA) is 73.9 Å². The molecule has 0 unspecified atom stereocenters. The number of rotatable bonds is 9. The highest BCUT2D eigenvalue weighted by Crippen LogP contribution is 2.19. The molecule has 6 heteroatoms. The summed E-state index contributed by atoms with van der Waals surface area (Å²) in [5, 5.41) is 2.66. The Morgan fingerprint density at radius 2 is 1.84 bits per heavy atom. The first kappa shape index (κ1) is 18.8. The summed E-state index contributed by atoms with van der Waals surface area (Å²) in [6.07, 6.45) is 6.40. The number of allylic oxidation sites excluding steroid dienone is 2. The van der Waals surface area contributed by atoms with Gasteiger partial charge in [-0.2, -0.15) is 0 Å². The fraction of sp³-hybridized carbons (Fsp3) is 0.474. The van der Waals surface area contributed by atoms with Crippen molar-refractivity contribution in [2.45, 2.75) is 26.2 Å². The molecule has 0 radical (unpaired) electrons. The first-order chi connectivity index (χ1) is 12.2. The Bertz CT molecular complexity index is 582. The summed E-state index contributed by atoms with van der Waals surface area (Å²) in [5.74, 6) is 0.744. The van der Waals surface area contributed by atoms with E-state index in [0.29, 0.717) is 31.9 Å². The summed E-state index contributed by atoms with van der Waals surface area (Å²) in [5.41, 5.74) is 0. The quantitative estimate of drug-likeness (QED) is 0.422. The average molecular weight is 347 g/mol. The Morgan fingerprint density at radius 3 is 2.48 bits per heavy atom. The van der Waals surface area contributed by atoms with E-state index in [-0.39, 0.29) is 24.4 Å². The molecule has 1 aliphatic rings. The monoisotopic (exact) mass is 347 g/mol. The van der Waals surface area contributed by atoms with Crippen LogP contribution in [0.15, 0.2) is 36.4 Å². The fourth-order valence-corrected chi connectivity index (χ4v) is 2.47. The zero-order valence-electron chi connectivity index (χ0n) is 14.5. The maximum absolute atomic E-state index is 11.8. The van der Waals surface area contributed by atoms with E-state index in [1.165, 1.54) is 0 Å². The van der Waals surface area contributed by atoms with E-state index < -0.39 is 0 Å². The summed E-state index contributed by atoms with van der Waals surface area (Å²) in [6.45, 7) is 2.98. The highest BCUT2D eigenvalue weighted by atomic mass is 16.5. The largest absolute Gasteiger partial charge is 0.494 e. The number of esters is 1. The Balaban J connectivity index is 1.57. The molecule has 1 N–H and O–H groups in total. The van der Waals surface area contributed by atoms with Gasteiger partial charge < -0.3 is 19.5 Å². The number of benzene rings is 1. The normalized spacial score (nSPS) is 16.1. The van der Waals surface area contributed by atoms with Crippen LogP contribution < -0.4 is 14.8 Å². The van der Waals surface area contributed by atoms with Gasteiger partial charge in [-0.15, -0.1) is 0 Å². The average Bonchev–Trinajstić information content (AvgIpc) is 2.65. The molecule has 1 aromatic rings. The predicted octanol–water partition coefficient (Wildman–Crippen LogP) is 2.48. The second kappa shape index (κ2) is 10.4. The van der Waals surface area contributed by atoms with Gasteiger partial charge in [-0.3, -0.25) is 9.59 Å². The molecule has 1 aliphatic carbocycles. The van der Waals surface area contributed by atoms with Crippen molar-refractivity contribution in [3.63, 3.8) is 0 Å². The first-order valence-corrected chi connectivity index (χ1v) is 8.63. The molecule has 1 aromatic carbocycles. The number of carbonyl (C=O) groups is 2. The Kier molecular flexibility index (Phi) is 7.82. The van der Waals surface area contributed by atoms with Crippen LogP contribution in [0.1, 0.15) is 26.2 Å². The molecule has 0 heterocycles. The van der Waals surface area contributed by atoms with Crippen LogP contribution in [-0.4, -0.2) is 38.2 Å². The van der Waals surface area contributed by atoms with Crippen molar-refractivity contribution in [3.05, 3.63) is 36.4 Å². The Morgan fingerprint density at radius 1 is 1.12 bits per heavy atom. The molecule has 136 valence electrons. The summed E-state index contributed by atoms with van der Waals surface area (Å²) < 4.78 is 15.9. The van der Waals surface area contributed by atoms with Crippen molar-refractivity contribution in [2.24, 2.45) is 5.92 Å². The van der Waals surface area contributed by atoms with Crippen molar-refractivity contribution in [1.29, 1.82) is 0 Å². The molecule has 1 amide bonds. The van der Waals surface area contributed by atoms with E-state index in [1.807, 2.05) is 37.3 Å². The van der Waals surface area contributed by atoms with E-state index in [4.69, 9.17) is 14.2 Å². The predicted molar refractivity (Wildman–Crippen MR) is 93.6 cm³/mol. The third-order valence-electron chi connectivity index (χ3n) is 3.78. The van der Waals surface area contributed by atoms with Crippen LogP contribution in [0, 0.1) is 5.92 Å². The maximum atomic E-state index is 11.8. The summed E-state index contributed by atoms with van der Waals surface area (Å²) in [6, 6.07) is 7.29. The number of amides is 1.